The Morgan fingerprint density at radius 3 is 0.839 bits per heavy atom. The van der Waals surface area contributed by atoms with Crippen molar-refractivity contribution in [3.63, 3.8) is 0 Å². The Labute approximate surface area is 333 Å². The smallest absolute Gasteiger partial charge is 0.193 e. The molecule has 0 amide bonds. The predicted octanol–water partition coefficient (Wildman–Crippen LogP) is 10.5. The van der Waals surface area contributed by atoms with E-state index in [9.17, 15) is 4.79 Å². The van der Waals surface area contributed by atoms with Gasteiger partial charge in [-0.25, -0.2) is 0 Å². The van der Waals surface area contributed by atoms with E-state index in [1.165, 1.54) is 54.1 Å². The minimum absolute atomic E-state index is 0.0412. The van der Waals surface area contributed by atoms with Crippen molar-refractivity contribution in [1.82, 2.24) is 0 Å². The Bertz CT molecular complexity index is 2240. The van der Waals surface area contributed by atoms with Crippen molar-refractivity contribution >= 4 is 52.1 Å². The van der Waals surface area contributed by atoms with Gasteiger partial charge in [-0.2, -0.15) is 0 Å². The zero-order valence-electron chi connectivity index (χ0n) is 32.0. The fraction of sp³-hybridized carbons (Fsp3) is 0.0755. The van der Waals surface area contributed by atoms with E-state index < -0.39 is 14.5 Å². The zero-order valence-corrected chi connectivity index (χ0v) is 33.8. The Morgan fingerprint density at radius 1 is 0.321 bits per heavy atom. The molecule has 272 valence electrons. The lowest BCUT2D eigenvalue weighted by Gasteiger charge is -2.28. The molecular weight excluding hydrogens is 715 g/mol. The maximum atomic E-state index is 14.0. The molecule has 0 aliphatic carbocycles. The van der Waals surface area contributed by atoms with Crippen molar-refractivity contribution < 1.29 is 4.79 Å². The van der Waals surface area contributed by atoms with Crippen LogP contribution in [0.5, 0.6) is 0 Å². The number of hydrogen-bond donors (Lipinski definition) is 0. The van der Waals surface area contributed by atoms with Gasteiger partial charge in [0.25, 0.3) is 0 Å². The number of benzene rings is 8. The van der Waals surface area contributed by atoms with E-state index in [2.05, 4.69) is 208 Å². The molecule has 56 heavy (non-hydrogen) atoms. The standard InChI is InChI=1S/C53H46OP2/c1-41-23-35-51(36-24-41)55(47-15-7-3-8-16-47,48-17-9-4-10-18-48)39-43-27-31-45(32-28-43)53(54)46-33-29-44(30-34-46)40-56(49-19-11-5-12-20-49,50-21-13-6-14-22-50)52-37-25-42(2)26-38-52/h3-38H,39-40H2,1-2H3/q+2. The van der Waals surface area contributed by atoms with Crippen LogP contribution in [-0.2, 0) is 12.3 Å². The van der Waals surface area contributed by atoms with Crippen LogP contribution in [0.25, 0.3) is 0 Å². The number of ketones is 1. The molecule has 8 rings (SSSR count). The molecule has 0 aromatic heterocycles. The third-order valence-corrected chi connectivity index (χ3v) is 19.8. The molecular formula is C53H46OP2+2. The normalized spacial score (nSPS) is 11.6. The molecule has 1 nitrogen and oxygen atoms in total. The van der Waals surface area contributed by atoms with Gasteiger partial charge in [0.2, 0.25) is 0 Å². The molecule has 3 heteroatoms. The first kappa shape index (κ1) is 37.2. The van der Waals surface area contributed by atoms with Gasteiger partial charge in [-0.05, 0) is 97.8 Å². The third-order valence-electron chi connectivity index (χ3n) is 11.0. The van der Waals surface area contributed by atoms with E-state index in [1.54, 1.807) is 0 Å². The van der Waals surface area contributed by atoms with E-state index in [1.807, 2.05) is 24.3 Å². The highest BCUT2D eigenvalue weighted by atomic mass is 31.2. The van der Waals surface area contributed by atoms with Crippen LogP contribution >= 0.6 is 14.5 Å². The maximum absolute atomic E-state index is 14.0. The number of aryl methyl sites for hydroxylation is 2. The van der Waals surface area contributed by atoms with Crippen LogP contribution in [0.4, 0.5) is 0 Å². The first-order valence-electron chi connectivity index (χ1n) is 19.3. The summed E-state index contributed by atoms with van der Waals surface area (Å²) in [5.74, 6) is 0.0412. The average Bonchev–Trinajstić information content (AvgIpc) is 3.27. The van der Waals surface area contributed by atoms with Crippen molar-refractivity contribution in [2.75, 3.05) is 0 Å². The van der Waals surface area contributed by atoms with Gasteiger partial charge in [-0.15, -0.1) is 0 Å². The van der Waals surface area contributed by atoms with Crippen molar-refractivity contribution in [1.29, 1.82) is 0 Å². The largest absolute Gasteiger partial charge is 0.289 e. The Hall–Kier alpha value is -5.71. The van der Waals surface area contributed by atoms with Crippen LogP contribution in [0.1, 0.15) is 38.2 Å². The van der Waals surface area contributed by atoms with Crippen LogP contribution in [0.3, 0.4) is 0 Å². The number of carbonyl (C=O) groups is 1. The lowest BCUT2D eigenvalue weighted by atomic mass is 10.0. The fourth-order valence-electron chi connectivity index (χ4n) is 8.01. The van der Waals surface area contributed by atoms with Crippen molar-refractivity contribution in [3.8, 4) is 0 Å². The van der Waals surface area contributed by atoms with E-state index in [-0.39, 0.29) is 5.78 Å². The highest BCUT2D eigenvalue weighted by Crippen LogP contribution is 2.59. The molecule has 8 aromatic rings. The Kier molecular flexibility index (Phi) is 11.0. The minimum Gasteiger partial charge on any atom is -0.289 e. The second-order valence-corrected chi connectivity index (χ2v) is 21.6. The summed E-state index contributed by atoms with van der Waals surface area (Å²) < 4.78 is 0. The highest BCUT2D eigenvalue weighted by Gasteiger charge is 2.46. The fourth-order valence-corrected chi connectivity index (χ4v) is 16.4. The molecule has 0 spiro atoms. The molecule has 0 saturated heterocycles. The van der Waals surface area contributed by atoms with Gasteiger partial charge in [0.1, 0.15) is 46.4 Å². The minimum atomic E-state index is -2.07. The van der Waals surface area contributed by atoms with Gasteiger partial charge in [0.05, 0.1) is 12.3 Å². The summed E-state index contributed by atoms with van der Waals surface area (Å²) in [5, 5.41) is 8.11. The highest BCUT2D eigenvalue weighted by molar-refractivity contribution is 7.95. The second-order valence-electron chi connectivity index (χ2n) is 14.7. The van der Waals surface area contributed by atoms with E-state index in [4.69, 9.17) is 0 Å². The molecule has 0 atom stereocenters. The van der Waals surface area contributed by atoms with E-state index >= 15 is 0 Å². The summed E-state index contributed by atoms with van der Waals surface area (Å²) in [6, 6.07) is 78.8. The van der Waals surface area contributed by atoms with E-state index in [0.29, 0.717) is 11.1 Å². The van der Waals surface area contributed by atoms with Crippen molar-refractivity contribution in [2.45, 2.75) is 26.2 Å². The molecule has 0 bridgehead atoms. The van der Waals surface area contributed by atoms with Crippen molar-refractivity contribution in [3.05, 3.63) is 252 Å². The van der Waals surface area contributed by atoms with Crippen LogP contribution in [0.2, 0.25) is 0 Å². The Balaban J connectivity index is 1.10. The zero-order chi connectivity index (χ0) is 38.4. The van der Waals surface area contributed by atoms with Crippen LogP contribution in [0, 0.1) is 13.8 Å². The lowest BCUT2D eigenvalue weighted by Crippen LogP contribution is -2.32. The van der Waals surface area contributed by atoms with Crippen LogP contribution < -0.4 is 31.8 Å². The third kappa shape index (κ3) is 7.46. The molecule has 8 aromatic carbocycles. The average molecular weight is 761 g/mol. The molecule has 0 aliphatic heterocycles. The van der Waals surface area contributed by atoms with Gasteiger partial charge in [0, 0.05) is 11.1 Å². The first-order valence-corrected chi connectivity index (χ1v) is 23.3. The van der Waals surface area contributed by atoms with Crippen LogP contribution in [0.15, 0.2) is 218 Å². The molecule has 0 aliphatic rings. The number of rotatable bonds is 12. The van der Waals surface area contributed by atoms with Gasteiger partial charge < -0.3 is 0 Å². The molecule has 0 radical (unpaired) electrons. The molecule has 0 fully saturated rings. The van der Waals surface area contributed by atoms with E-state index in [0.717, 1.165) is 12.3 Å². The monoisotopic (exact) mass is 760 g/mol. The first-order chi connectivity index (χ1) is 27.5. The van der Waals surface area contributed by atoms with Gasteiger partial charge in [0.15, 0.2) is 5.78 Å². The summed E-state index contributed by atoms with van der Waals surface area (Å²) in [6.07, 6.45) is 1.73. The lowest BCUT2D eigenvalue weighted by molar-refractivity contribution is 0.103. The number of hydrogen-bond acceptors (Lipinski definition) is 1. The molecule has 0 N–H and O–H groups in total. The predicted molar refractivity (Wildman–Crippen MR) is 243 cm³/mol. The second kappa shape index (κ2) is 16.6. The summed E-state index contributed by atoms with van der Waals surface area (Å²) >= 11 is 0. The Morgan fingerprint density at radius 2 is 0.571 bits per heavy atom. The van der Waals surface area contributed by atoms with Gasteiger partial charge >= 0.3 is 0 Å². The summed E-state index contributed by atoms with van der Waals surface area (Å²) in [4.78, 5) is 14.0. The maximum Gasteiger partial charge on any atom is 0.193 e. The topological polar surface area (TPSA) is 17.1 Å². The summed E-state index contributed by atoms with van der Waals surface area (Å²) in [6.45, 7) is 4.29. The van der Waals surface area contributed by atoms with Crippen molar-refractivity contribution in [2.24, 2.45) is 0 Å². The van der Waals surface area contributed by atoms with Gasteiger partial charge in [-0.3, -0.25) is 4.79 Å². The molecule has 0 unspecified atom stereocenters. The summed E-state index contributed by atoms with van der Waals surface area (Å²) in [7, 11) is -4.13. The summed E-state index contributed by atoms with van der Waals surface area (Å²) in [5.41, 5.74) is 6.35. The SMILES string of the molecule is Cc1ccc([P+](Cc2ccc(C(=O)c3ccc(C[P+](c4ccccc4)(c4ccccc4)c4ccc(C)cc4)cc3)cc2)(c2ccccc2)c2ccccc2)cc1. The van der Waals surface area contributed by atoms with Gasteiger partial charge in [-0.1, -0.05) is 157 Å². The number of carbonyl (C=O) groups excluding carboxylic acids is 1. The molecule has 0 heterocycles. The molecule has 0 saturated carbocycles. The van der Waals surface area contributed by atoms with Crippen LogP contribution in [-0.4, -0.2) is 5.78 Å². The quantitative estimate of drug-likeness (QED) is 0.0895.